The van der Waals surface area contributed by atoms with Gasteiger partial charge < -0.3 is 15.0 Å². The minimum absolute atomic E-state index is 0.00875. The zero-order valence-corrected chi connectivity index (χ0v) is 14.2. The van der Waals surface area contributed by atoms with Gasteiger partial charge in [-0.15, -0.1) is 0 Å². The van der Waals surface area contributed by atoms with Gasteiger partial charge in [-0.1, -0.05) is 19.9 Å². The minimum atomic E-state index is -0.0150. The van der Waals surface area contributed by atoms with Crippen LogP contribution in [-0.2, 0) is 9.53 Å². The average molecular weight is 318 g/mol. The molecule has 5 nitrogen and oxygen atoms in total. The Labute approximate surface area is 138 Å². The molecule has 23 heavy (non-hydrogen) atoms. The summed E-state index contributed by atoms with van der Waals surface area (Å²) in [5, 5.41) is 2.92. The van der Waals surface area contributed by atoms with E-state index in [0.29, 0.717) is 30.9 Å². The van der Waals surface area contributed by atoms with E-state index in [9.17, 15) is 9.59 Å². The molecule has 0 bridgehead atoms. The topological polar surface area (TPSA) is 58.6 Å². The van der Waals surface area contributed by atoms with Gasteiger partial charge >= 0.3 is 0 Å². The van der Waals surface area contributed by atoms with E-state index in [1.54, 1.807) is 23.1 Å². The third kappa shape index (κ3) is 4.55. The van der Waals surface area contributed by atoms with Crippen molar-refractivity contribution in [1.82, 2.24) is 4.90 Å². The van der Waals surface area contributed by atoms with Crippen LogP contribution in [0.1, 0.15) is 44.0 Å². The van der Waals surface area contributed by atoms with E-state index in [1.165, 1.54) is 0 Å². The third-order valence-electron chi connectivity index (χ3n) is 4.26. The molecule has 1 aliphatic heterocycles. The van der Waals surface area contributed by atoms with E-state index in [0.717, 1.165) is 12.8 Å². The molecule has 2 amide bonds. The van der Waals surface area contributed by atoms with Crippen LogP contribution in [0.5, 0.6) is 0 Å². The number of ether oxygens (including phenoxy) is 1. The quantitative estimate of drug-likeness (QED) is 0.908. The summed E-state index contributed by atoms with van der Waals surface area (Å²) in [6.45, 7) is 7.75. The van der Waals surface area contributed by atoms with Crippen LogP contribution in [0.25, 0.3) is 0 Å². The van der Waals surface area contributed by atoms with Gasteiger partial charge in [0, 0.05) is 30.3 Å². The van der Waals surface area contributed by atoms with Gasteiger partial charge in [-0.05, 0) is 38.0 Å². The Balaban J connectivity index is 2.07. The van der Waals surface area contributed by atoms with Crippen molar-refractivity contribution in [1.29, 1.82) is 0 Å². The lowest BCUT2D eigenvalue weighted by Crippen LogP contribution is -2.44. The number of carbonyl (C=O) groups excluding carboxylic acids is 2. The number of rotatable bonds is 5. The number of morpholine rings is 1. The van der Waals surface area contributed by atoms with Crippen molar-refractivity contribution in [2.75, 3.05) is 25.0 Å². The molecule has 0 aliphatic carbocycles. The number of carbonyl (C=O) groups is 2. The summed E-state index contributed by atoms with van der Waals surface area (Å²) in [4.78, 5) is 26.6. The first-order valence-corrected chi connectivity index (χ1v) is 8.37. The Morgan fingerprint density at radius 2 is 2.09 bits per heavy atom. The maximum absolute atomic E-state index is 12.6. The SMILES string of the molecule is CCC(CC)C(=O)Nc1cccc(C(=O)N2CCOC(C)C2)c1. The number of nitrogens with zero attached hydrogens (tertiary/aromatic N) is 1. The standard InChI is InChI=1S/C18H26N2O3/c1-4-14(5-2)17(21)19-16-8-6-7-15(11-16)18(22)20-9-10-23-13(3)12-20/h6-8,11,13-14H,4-5,9-10,12H2,1-3H3,(H,19,21). The maximum Gasteiger partial charge on any atom is 0.254 e. The molecule has 0 saturated carbocycles. The fourth-order valence-electron chi connectivity index (χ4n) is 2.82. The summed E-state index contributed by atoms with van der Waals surface area (Å²) in [6.07, 6.45) is 1.68. The molecule has 1 N–H and O–H groups in total. The molecule has 0 spiro atoms. The van der Waals surface area contributed by atoms with Gasteiger partial charge in [-0.3, -0.25) is 9.59 Å². The van der Waals surface area contributed by atoms with E-state index in [-0.39, 0.29) is 23.8 Å². The van der Waals surface area contributed by atoms with Crippen molar-refractivity contribution < 1.29 is 14.3 Å². The van der Waals surface area contributed by atoms with Crippen LogP contribution in [0.2, 0.25) is 0 Å². The maximum atomic E-state index is 12.6. The van der Waals surface area contributed by atoms with Crippen LogP contribution >= 0.6 is 0 Å². The molecule has 1 aromatic carbocycles. The molecule has 5 heteroatoms. The number of hydrogen-bond donors (Lipinski definition) is 1. The second-order valence-electron chi connectivity index (χ2n) is 6.02. The predicted molar refractivity (Wildman–Crippen MR) is 90.5 cm³/mol. The lowest BCUT2D eigenvalue weighted by Gasteiger charge is -2.31. The van der Waals surface area contributed by atoms with Gasteiger partial charge in [0.25, 0.3) is 5.91 Å². The molecule has 2 rings (SSSR count). The summed E-state index contributed by atoms with van der Waals surface area (Å²) in [6, 6.07) is 7.16. The molecule has 1 heterocycles. The molecule has 1 aliphatic rings. The Hall–Kier alpha value is -1.88. The van der Waals surface area contributed by atoms with Gasteiger partial charge in [-0.2, -0.15) is 0 Å². The zero-order valence-electron chi connectivity index (χ0n) is 14.2. The van der Waals surface area contributed by atoms with E-state index >= 15 is 0 Å². The highest BCUT2D eigenvalue weighted by molar-refractivity contribution is 5.97. The molecule has 0 aromatic heterocycles. The normalized spacial score (nSPS) is 18.1. The van der Waals surface area contributed by atoms with Crippen molar-refractivity contribution in [3.8, 4) is 0 Å². The zero-order chi connectivity index (χ0) is 16.8. The predicted octanol–water partition coefficient (Wildman–Crippen LogP) is 2.92. The first-order valence-electron chi connectivity index (χ1n) is 8.37. The van der Waals surface area contributed by atoms with Gasteiger partial charge in [0.15, 0.2) is 0 Å². The Kier molecular flexibility index (Phi) is 6.16. The van der Waals surface area contributed by atoms with Crippen LogP contribution in [0, 0.1) is 5.92 Å². The lowest BCUT2D eigenvalue weighted by molar-refractivity contribution is -0.120. The molecule has 0 radical (unpaired) electrons. The highest BCUT2D eigenvalue weighted by atomic mass is 16.5. The van der Waals surface area contributed by atoms with E-state index < -0.39 is 0 Å². The monoisotopic (exact) mass is 318 g/mol. The van der Waals surface area contributed by atoms with Crippen LogP contribution < -0.4 is 5.32 Å². The van der Waals surface area contributed by atoms with Crippen molar-refractivity contribution in [2.45, 2.75) is 39.7 Å². The fourth-order valence-corrected chi connectivity index (χ4v) is 2.82. The van der Waals surface area contributed by atoms with Crippen molar-refractivity contribution in [3.63, 3.8) is 0 Å². The molecular weight excluding hydrogens is 292 g/mol. The largest absolute Gasteiger partial charge is 0.375 e. The Bertz CT molecular complexity index is 555. The van der Waals surface area contributed by atoms with Gasteiger partial charge in [-0.25, -0.2) is 0 Å². The molecule has 1 aromatic rings. The first kappa shape index (κ1) is 17.5. The molecule has 1 unspecified atom stereocenters. The molecule has 1 atom stereocenters. The van der Waals surface area contributed by atoms with Crippen LogP contribution in [0.15, 0.2) is 24.3 Å². The molecule has 1 saturated heterocycles. The second-order valence-corrected chi connectivity index (χ2v) is 6.02. The summed E-state index contributed by atoms with van der Waals surface area (Å²) >= 11 is 0. The molecule has 1 fully saturated rings. The number of amides is 2. The highest BCUT2D eigenvalue weighted by Gasteiger charge is 2.23. The highest BCUT2D eigenvalue weighted by Crippen LogP contribution is 2.17. The summed E-state index contributed by atoms with van der Waals surface area (Å²) in [7, 11) is 0. The Morgan fingerprint density at radius 1 is 1.35 bits per heavy atom. The smallest absolute Gasteiger partial charge is 0.254 e. The molecular formula is C18H26N2O3. The lowest BCUT2D eigenvalue weighted by atomic mass is 10.0. The summed E-state index contributed by atoms with van der Waals surface area (Å²) < 4.78 is 5.47. The second kappa shape index (κ2) is 8.11. The third-order valence-corrected chi connectivity index (χ3v) is 4.26. The number of benzene rings is 1. The van der Waals surface area contributed by atoms with E-state index in [1.807, 2.05) is 26.8 Å². The van der Waals surface area contributed by atoms with Gasteiger partial charge in [0.2, 0.25) is 5.91 Å². The van der Waals surface area contributed by atoms with E-state index in [2.05, 4.69) is 5.32 Å². The Morgan fingerprint density at radius 3 is 2.74 bits per heavy atom. The fraction of sp³-hybridized carbons (Fsp3) is 0.556. The number of anilines is 1. The molecule has 126 valence electrons. The van der Waals surface area contributed by atoms with Crippen molar-refractivity contribution >= 4 is 17.5 Å². The van der Waals surface area contributed by atoms with Crippen LogP contribution in [0.4, 0.5) is 5.69 Å². The van der Waals surface area contributed by atoms with Gasteiger partial charge in [0.05, 0.1) is 12.7 Å². The first-order chi connectivity index (χ1) is 11.0. The van der Waals surface area contributed by atoms with Crippen LogP contribution in [0.3, 0.4) is 0 Å². The number of hydrogen-bond acceptors (Lipinski definition) is 3. The van der Waals surface area contributed by atoms with Gasteiger partial charge in [0.1, 0.15) is 0 Å². The summed E-state index contributed by atoms with van der Waals surface area (Å²) in [5.41, 5.74) is 1.27. The minimum Gasteiger partial charge on any atom is -0.375 e. The van der Waals surface area contributed by atoms with Crippen LogP contribution in [-0.4, -0.2) is 42.5 Å². The average Bonchev–Trinajstić information content (AvgIpc) is 2.55. The number of nitrogens with one attached hydrogen (secondary N) is 1. The van der Waals surface area contributed by atoms with Crippen molar-refractivity contribution in [2.24, 2.45) is 5.92 Å². The summed E-state index contributed by atoms with van der Waals surface area (Å²) in [5.74, 6) is 0.00725. The van der Waals surface area contributed by atoms with E-state index in [4.69, 9.17) is 4.74 Å². The van der Waals surface area contributed by atoms with Crippen molar-refractivity contribution in [3.05, 3.63) is 29.8 Å².